The van der Waals surface area contributed by atoms with Crippen LogP contribution in [0.2, 0.25) is 5.02 Å². The standard InChI is InChI=1S/C25H26ClNO3/c1-16-12-21(25(29)30)13-17(2)24(16)19-8-6-18(7-9-19)10-11-27-15-23(28)20-4-3-5-22(26)14-20/h3-9,12-14,23,27-28H,10-11,15H2,1-2H3,(H,29,30)/t23-/m0/s1. The number of nitrogens with one attached hydrogen (secondary N) is 1. The van der Waals surface area contributed by atoms with Crippen molar-refractivity contribution >= 4 is 17.6 Å². The maximum atomic E-state index is 11.2. The molecule has 0 radical (unpaired) electrons. The number of halogens is 1. The Morgan fingerprint density at radius 1 is 1.03 bits per heavy atom. The van der Waals surface area contributed by atoms with Gasteiger partial charge in [0.1, 0.15) is 0 Å². The molecule has 0 saturated heterocycles. The Hall–Kier alpha value is -2.66. The molecule has 0 aliphatic rings. The summed E-state index contributed by atoms with van der Waals surface area (Å²) >= 11 is 5.97. The largest absolute Gasteiger partial charge is 0.478 e. The third-order valence-electron chi connectivity index (χ3n) is 5.18. The Morgan fingerprint density at radius 2 is 1.70 bits per heavy atom. The summed E-state index contributed by atoms with van der Waals surface area (Å²) in [6, 6.07) is 19.0. The fourth-order valence-corrected chi connectivity index (χ4v) is 3.88. The van der Waals surface area contributed by atoms with Crippen molar-refractivity contribution < 1.29 is 15.0 Å². The molecule has 0 aliphatic carbocycles. The highest BCUT2D eigenvalue weighted by Gasteiger charge is 2.11. The third-order valence-corrected chi connectivity index (χ3v) is 5.42. The molecule has 156 valence electrons. The first-order valence-corrected chi connectivity index (χ1v) is 10.3. The summed E-state index contributed by atoms with van der Waals surface area (Å²) in [6.07, 6.45) is 0.254. The predicted molar refractivity (Wildman–Crippen MR) is 121 cm³/mol. The van der Waals surface area contributed by atoms with Crippen LogP contribution in [0.3, 0.4) is 0 Å². The van der Waals surface area contributed by atoms with Crippen LogP contribution in [0.25, 0.3) is 11.1 Å². The number of aryl methyl sites for hydroxylation is 2. The van der Waals surface area contributed by atoms with E-state index in [9.17, 15) is 15.0 Å². The zero-order valence-corrected chi connectivity index (χ0v) is 17.9. The molecule has 0 aliphatic heterocycles. The van der Waals surface area contributed by atoms with Crippen LogP contribution in [-0.2, 0) is 6.42 Å². The van der Waals surface area contributed by atoms with Crippen LogP contribution in [0.4, 0.5) is 0 Å². The lowest BCUT2D eigenvalue weighted by atomic mass is 9.93. The molecule has 3 aromatic rings. The van der Waals surface area contributed by atoms with E-state index in [1.165, 1.54) is 5.56 Å². The summed E-state index contributed by atoms with van der Waals surface area (Å²) in [6.45, 7) is 5.10. The number of aliphatic hydroxyl groups is 1. The smallest absolute Gasteiger partial charge is 0.335 e. The zero-order valence-electron chi connectivity index (χ0n) is 17.2. The van der Waals surface area contributed by atoms with Crippen LogP contribution in [0.15, 0.2) is 60.7 Å². The van der Waals surface area contributed by atoms with E-state index in [1.54, 1.807) is 24.3 Å². The average molecular weight is 424 g/mol. The molecule has 30 heavy (non-hydrogen) atoms. The number of carbonyl (C=O) groups is 1. The lowest BCUT2D eigenvalue weighted by Gasteiger charge is -2.14. The first-order chi connectivity index (χ1) is 14.3. The second kappa shape index (κ2) is 9.90. The number of hydrogen-bond acceptors (Lipinski definition) is 3. The molecule has 4 nitrogen and oxygen atoms in total. The van der Waals surface area contributed by atoms with Crippen molar-refractivity contribution in [3.63, 3.8) is 0 Å². The van der Waals surface area contributed by atoms with E-state index in [0.717, 1.165) is 40.8 Å². The van der Waals surface area contributed by atoms with Crippen molar-refractivity contribution in [2.75, 3.05) is 13.1 Å². The quantitative estimate of drug-likeness (QED) is 0.436. The predicted octanol–water partition coefficient (Wildman–Crippen LogP) is 5.19. The van der Waals surface area contributed by atoms with Crippen LogP contribution in [0.1, 0.15) is 38.7 Å². The highest BCUT2D eigenvalue weighted by molar-refractivity contribution is 6.30. The van der Waals surface area contributed by atoms with E-state index < -0.39 is 12.1 Å². The first kappa shape index (κ1) is 22.0. The highest BCUT2D eigenvalue weighted by atomic mass is 35.5. The van der Waals surface area contributed by atoms with Gasteiger partial charge in [-0.1, -0.05) is 48.0 Å². The molecule has 0 bridgehead atoms. The average Bonchev–Trinajstić information content (AvgIpc) is 2.71. The van der Waals surface area contributed by atoms with Crippen molar-refractivity contribution in [1.29, 1.82) is 0 Å². The Morgan fingerprint density at radius 3 is 2.30 bits per heavy atom. The van der Waals surface area contributed by atoms with Gasteiger partial charge in [-0.3, -0.25) is 0 Å². The highest BCUT2D eigenvalue weighted by Crippen LogP contribution is 2.29. The fourth-order valence-electron chi connectivity index (χ4n) is 3.68. The normalized spacial score (nSPS) is 12.0. The van der Waals surface area contributed by atoms with Gasteiger partial charge in [0.15, 0.2) is 0 Å². The number of aliphatic hydroxyl groups excluding tert-OH is 1. The van der Waals surface area contributed by atoms with Crippen molar-refractivity contribution in [1.82, 2.24) is 5.32 Å². The molecule has 3 aromatic carbocycles. The van der Waals surface area contributed by atoms with Gasteiger partial charge in [0.25, 0.3) is 0 Å². The van der Waals surface area contributed by atoms with Gasteiger partial charge in [-0.05, 0) is 84.5 Å². The summed E-state index contributed by atoms with van der Waals surface area (Å²) in [5, 5.41) is 23.4. The molecule has 0 aromatic heterocycles. The molecular formula is C25H26ClNO3. The van der Waals surface area contributed by atoms with E-state index in [0.29, 0.717) is 17.1 Å². The number of rotatable bonds is 8. The number of carboxylic acid groups (broad SMARTS) is 1. The molecule has 0 saturated carbocycles. The molecular weight excluding hydrogens is 398 g/mol. The van der Waals surface area contributed by atoms with Crippen LogP contribution >= 0.6 is 11.6 Å². The van der Waals surface area contributed by atoms with E-state index in [1.807, 2.05) is 26.0 Å². The lowest BCUT2D eigenvalue weighted by Crippen LogP contribution is -2.23. The van der Waals surface area contributed by atoms with Crippen LogP contribution in [0, 0.1) is 13.8 Å². The first-order valence-electron chi connectivity index (χ1n) is 9.93. The molecule has 3 rings (SSSR count). The van der Waals surface area contributed by atoms with Gasteiger partial charge in [0.2, 0.25) is 0 Å². The van der Waals surface area contributed by atoms with Crippen molar-refractivity contribution in [3.05, 3.63) is 93.5 Å². The van der Waals surface area contributed by atoms with Crippen LogP contribution in [0.5, 0.6) is 0 Å². The maximum absolute atomic E-state index is 11.2. The molecule has 0 unspecified atom stereocenters. The second-order valence-corrected chi connectivity index (χ2v) is 7.95. The molecule has 0 heterocycles. The van der Waals surface area contributed by atoms with Crippen molar-refractivity contribution in [3.8, 4) is 11.1 Å². The van der Waals surface area contributed by atoms with Gasteiger partial charge < -0.3 is 15.5 Å². The van der Waals surface area contributed by atoms with E-state index in [2.05, 4.69) is 29.6 Å². The Bertz CT molecular complexity index is 1010. The minimum atomic E-state index is -0.906. The number of hydrogen-bond donors (Lipinski definition) is 3. The summed E-state index contributed by atoms with van der Waals surface area (Å²) in [5.41, 5.74) is 6.38. The molecule has 1 atom stereocenters. The van der Waals surface area contributed by atoms with Gasteiger partial charge in [-0.2, -0.15) is 0 Å². The minimum absolute atomic E-state index is 0.316. The van der Waals surface area contributed by atoms with Crippen LogP contribution < -0.4 is 5.32 Å². The summed E-state index contributed by atoms with van der Waals surface area (Å²) in [4.78, 5) is 11.2. The Kier molecular flexibility index (Phi) is 7.27. The number of carboxylic acids is 1. The number of benzene rings is 3. The molecule has 0 amide bonds. The second-order valence-electron chi connectivity index (χ2n) is 7.51. The third kappa shape index (κ3) is 5.48. The molecule has 5 heteroatoms. The van der Waals surface area contributed by atoms with Gasteiger partial charge in [0, 0.05) is 11.6 Å². The summed E-state index contributed by atoms with van der Waals surface area (Å²) in [7, 11) is 0. The number of aromatic carboxylic acids is 1. The SMILES string of the molecule is Cc1cc(C(=O)O)cc(C)c1-c1ccc(CCNC[C@H](O)c2cccc(Cl)c2)cc1. The van der Waals surface area contributed by atoms with Gasteiger partial charge in [0.05, 0.1) is 11.7 Å². The molecule has 0 spiro atoms. The summed E-state index contributed by atoms with van der Waals surface area (Å²) < 4.78 is 0. The monoisotopic (exact) mass is 423 g/mol. The van der Waals surface area contributed by atoms with Crippen molar-refractivity contribution in [2.24, 2.45) is 0 Å². The Balaban J connectivity index is 1.57. The van der Waals surface area contributed by atoms with Gasteiger partial charge in [-0.25, -0.2) is 4.79 Å². The summed E-state index contributed by atoms with van der Waals surface area (Å²) in [5.74, 6) is -0.906. The van der Waals surface area contributed by atoms with Gasteiger partial charge >= 0.3 is 5.97 Å². The van der Waals surface area contributed by atoms with Crippen LogP contribution in [-0.4, -0.2) is 29.3 Å². The minimum Gasteiger partial charge on any atom is -0.478 e. The zero-order chi connectivity index (χ0) is 21.7. The van der Waals surface area contributed by atoms with E-state index >= 15 is 0 Å². The topological polar surface area (TPSA) is 69.6 Å². The molecule has 3 N–H and O–H groups in total. The Labute approximate surface area is 182 Å². The fraction of sp³-hybridized carbons (Fsp3) is 0.240. The molecule has 0 fully saturated rings. The maximum Gasteiger partial charge on any atom is 0.335 e. The lowest BCUT2D eigenvalue weighted by molar-refractivity contribution is 0.0696. The van der Waals surface area contributed by atoms with E-state index in [-0.39, 0.29) is 0 Å². The van der Waals surface area contributed by atoms with Crippen molar-refractivity contribution in [2.45, 2.75) is 26.4 Å². The van der Waals surface area contributed by atoms with E-state index in [4.69, 9.17) is 11.6 Å². The van der Waals surface area contributed by atoms with Gasteiger partial charge in [-0.15, -0.1) is 0 Å².